The summed E-state index contributed by atoms with van der Waals surface area (Å²) in [5.41, 5.74) is 1.41. The number of hydrogen-bond donors (Lipinski definition) is 2. The number of carbonyl (C=O) groups excluding carboxylic acids is 2. The van der Waals surface area contributed by atoms with Gasteiger partial charge in [0.15, 0.2) is 0 Å². The van der Waals surface area contributed by atoms with Crippen molar-refractivity contribution in [3.8, 4) is 0 Å². The van der Waals surface area contributed by atoms with E-state index in [0.29, 0.717) is 30.0 Å². The Kier molecular flexibility index (Phi) is 6.66. The Balaban J connectivity index is 1.73. The molecule has 8 heteroatoms. The fourth-order valence-corrected chi connectivity index (χ4v) is 4.84. The molecule has 1 fully saturated rings. The average Bonchev–Trinajstić information content (AvgIpc) is 2.98. The molecule has 1 heterocycles. The third-order valence-electron chi connectivity index (χ3n) is 4.76. The van der Waals surface area contributed by atoms with Crippen molar-refractivity contribution in [2.75, 3.05) is 23.7 Å². The van der Waals surface area contributed by atoms with Gasteiger partial charge in [-0.1, -0.05) is 18.9 Å². The van der Waals surface area contributed by atoms with Crippen molar-refractivity contribution in [2.45, 2.75) is 37.5 Å². The number of sulfonamides is 1. The van der Waals surface area contributed by atoms with Crippen LogP contribution in [0, 0.1) is 0 Å². The minimum Gasteiger partial charge on any atom is -0.326 e. The number of anilines is 2. The van der Waals surface area contributed by atoms with Crippen molar-refractivity contribution >= 4 is 33.2 Å². The standard InChI is InChI=1S/C21H25N3O4S/c1-16(25)22-18-11-9-17(10-12-18)21(26)23-19-7-6-8-20(15-19)29(27,28)24-13-4-2-3-5-14-24/h6-12,15H,2-5,13-14H2,1H3,(H,22,25)(H,23,26). The van der Waals surface area contributed by atoms with Crippen LogP contribution in [-0.2, 0) is 14.8 Å². The monoisotopic (exact) mass is 415 g/mol. The van der Waals surface area contributed by atoms with E-state index in [1.54, 1.807) is 42.5 Å². The summed E-state index contributed by atoms with van der Waals surface area (Å²) in [5, 5.41) is 5.38. The highest BCUT2D eigenvalue weighted by atomic mass is 32.2. The van der Waals surface area contributed by atoms with Gasteiger partial charge in [-0.05, 0) is 55.3 Å². The second-order valence-electron chi connectivity index (χ2n) is 7.06. The third-order valence-corrected chi connectivity index (χ3v) is 6.66. The molecule has 2 N–H and O–H groups in total. The quantitative estimate of drug-likeness (QED) is 0.782. The molecule has 2 aromatic carbocycles. The number of nitrogens with one attached hydrogen (secondary N) is 2. The zero-order valence-electron chi connectivity index (χ0n) is 16.3. The van der Waals surface area contributed by atoms with E-state index >= 15 is 0 Å². The molecule has 3 rings (SSSR count). The number of amides is 2. The molecule has 1 aliphatic heterocycles. The highest BCUT2D eigenvalue weighted by molar-refractivity contribution is 7.89. The van der Waals surface area contributed by atoms with Crippen LogP contribution in [0.2, 0.25) is 0 Å². The summed E-state index contributed by atoms with van der Waals surface area (Å²) in [6.45, 7) is 2.46. The van der Waals surface area contributed by atoms with Crippen LogP contribution < -0.4 is 10.6 Å². The second kappa shape index (κ2) is 9.19. The molecule has 7 nitrogen and oxygen atoms in total. The largest absolute Gasteiger partial charge is 0.326 e. The van der Waals surface area contributed by atoms with Crippen LogP contribution in [-0.4, -0.2) is 37.6 Å². The van der Waals surface area contributed by atoms with Crippen LogP contribution in [0.4, 0.5) is 11.4 Å². The Bertz CT molecular complexity index is 979. The van der Waals surface area contributed by atoms with Crippen molar-refractivity contribution in [3.63, 3.8) is 0 Å². The molecule has 154 valence electrons. The van der Waals surface area contributed by atoms with Crippen LogP contribution >= 0.6 is 0 Å². The van der Waals surface area contributed by atoms with Crippen molar-refractivity contribution in [3.05, 3.63) is 54.1 Å². The highest BCUT2D eigenvalue weighted by Crippen LogP contribution is 2.23. The molecule has 1 saturated heterocycles. The van der Waals surface area contributed by atoms with E-state index in [2.05, 4.69) is 10.6 Å². The lowest BCUT2D eigenvalue weighted by Gasteiger charge is -2.20. The first-order valence-electron chi connectivity index (χ1n) is 9.65. The number of rotatable bonds is 5. The lowest BCUT2D eigenvalue weighted by atomic mass is 10.2. The molecular weight excluding hydrogens is 390 g/mol. The van der Waals surface area contributed by atoms with Gasteiger partial charge < -0.3 is 10.6 Å². The number of hydrogen-bond acceptors (Lipinski definition) is 4. The van der Waals surface area contributed by atoms with Crippen LogP contribution in [0.25, 0.3) is 0 Å². The van der Waals surface area contributed by atoms with Gasteiger partial charge in [0.05, 0.1) is 4.90 Å². The van der Waals surface area contributed by atoms with E-state index in [9.17, 15) is 18.0 Å². The molecule has 2 aromatic rings. The normalized spacial score (nSPS) is 15.3. The van der Waals surface area contributed by atoms with Crippen molar-refractivity contribution in [1.82, 2.24) is 4.31 Å². The van der Waals surface area contributed by atoms with E-state index in [4.69, 9.17) is 0 Å². The van der Waals surface area contributed by atoms with E-state index in [1.807, 2.05) is 0 Å². The van der Waals surface area contributed by atoms with Gasteiger partial charge in [-0.15, -0.1) is 0 Å². The van der Waals surface area contributed by atoms with Gasteiger partial charge in [0.25, 0.3) is 5.91 Å². The molecule has 0 radical (unpaired) electrons. The van der Waals surface area contributed by atoms with Crippen molar-refractivity contribution < 1.29 is 18.0 Å². The minimum atomic E-state index is -3.58. The number of carbonyl (C=O) groups is 2. The fraction of sp³-hybridized carbons (Fsp3) is 0.333. The molecule has 29 heavy (non-hydrogen) atoms. The first kappa shape index (κ1) is 21.0. The Morgan fingerprint density at radius 3 is 2.14 bits per heavy atom. The van der Waals surface area contributed by atoms with Crippen LogP contribution in [0.3, 0.4) is 0 Å². The molecule has 0 aromatic heterocycles. The molecule has 0 atom stereocenters. The van der Waals surface area contributed by atoms with Crippen molar-refractivity contribution in [2.24, 2.45) is 0 Å². The molecule has 0 bridgehead atoms. The zero-order chi connectivity index (χ0) is 20.9. The third kappa shape index (κ3) is 5.42. The maximum Gasteiger partial charge on any atom is 0.255 e. The summed E-state index contributed by atoms with van der Waals surface area (Å²) in [6.07, 6.45) is 3.82. The van der Waals surface area contributed by atoms with E-state index in [0.717, 1.165) is 25.7 Å². The number of benzene rings is 2. The first-order chi connectivity index (χ1) is 13.9. The molecular formula is C21H25N3O4S. The summed E-state index contributed by atoms with van der Waals surface area (Å²) in [6, 6.07) is 12.8. The molecule has 0 spiro atoms. The predicted molar refractivity (Wildman–Crippen MR) is 112 cm³/mol. The van der Waals surface area contributed by atoms with Gasteiger partial charge in [0.2, 0.25) is 15.9 Å². The highest BCUT2D eigenvalue weighted by Gasteiger charge is 2.25. The minimum absolute atomic E-state index is 0.179. The second-order valence-corrected chi connectivity index (χ2v) is 9.00. The van der Waals surface area contributed by atoms with E-state index in [-0.39, 0.29) is 16.7 Å². The van der Waals surface area contributed by atoms with Crippen LogP contribution in [0.1, 0.15) is 43.0 Å². The summed E-state index contributed by atoms with van der Waals surface area (Å²) in [5.74, 6) is -0.548. The lowest BCUT2D eigenvalue weighted by molar-refractivity contribution is -0.114. The molecule has 2 amide bonds. The Labute approximate surface area is 171 Å². The van der Waals surface area contributed by atoms with Gasteiger partial charge in [-0.2, -0.15) is 4.31 Å². The number of nitrogens with zero attached hydrogens (tertiary/aromatic N) is 1. The van der Waals surface area contributed by atoms with Gasteiger partial charge >= 0.3 is 0 Å². The SMILES string of the molecule is CC(=O)Nc1ccc(C(=O)Nc2cccc(S(=O)(=O)N3CCCCCC3)c2)cc1. The van der Waals surface area contributed by atoms with E-state index in [1.165, 1.54) is 17.3 Å². The average molecular weight is 416 g/mol. The van der Waals surface area contributed by atoms with Gasteiger partial charge in [0, 0.05) is 37.0 Å². The summed E-state index contributed by atoms with van der Waals surface area (Å²) >= 11 is 0. The molecule has 0 saturated carbocycles. The Hall–Kier alpha value is -2.71. The van der Waals surface area contributed by atoms with Gasteiger partial charge in [-0.25, -0.2) is 8.42 Å². The maximum atomic E-state index is 13.0. The summed E-state index contributed by atoms with van der Waals surface area (Å²) in [7, 11) is -3.58. The van der Waals surface area contributed by atoms with E-state index < -0.39 is 10.0 Å². The molecule has 0 aliphatic carbocycles. The van der Waals surface area contributed by atoms with Gasteiger partial charge in [0.1, 0.15) is 0 Å². The van der Waals surface area contributed by atoms with Crippen LogP contribution in [0.5, 0.6) is 0 Å². The lowest BCUT2D eigenvalue weighted by Crippen LogP contribution is -2.32. The fourth-order valence-electron chi connectivity index (χ4n) is 3.28. The zero-order valence-corrected chi connectivity index (χ0v) is 17.2. The smallest absolute Gasteiger partial charge is 0.255 e. The maximum absolute atomic E-state index is 13.0. The topological polar surface area (TPSA) is 95.6 Å². The summed E-state index contributed by atoms with van der Waals surface area (Å²) in [4.78, 5) is 23.8. The van der Waals surface area contributed by atoms with Crippen LogP contribution in [0.15, 0.2) is 53.4 Å². The molecule has 0 unspecified atom stereocenters. The van der Waals surface area contributed by atoms with Crippen molar-refractivity contribution in [1.29, 1.82) is 0 Å². The molecule has 1 aliphatic rings. The Morgan fingerprint density at radius 1 is 0.862 bits per heavy atom. The summed E-state index contributed by atoms with van der Waals surface area (Å²) < 4.78 is 27.4. The van der Waals surface area contributed by atoms with Gasteiger partial charge in [-0.3, -0.25) is 9.59 Å². The predicted octanol–water partition coefficient (Wildman–Crippen LogP) is 3.46. The Morgan fingerprint density at radius 2 is 1.52 bits per heavy atom. The first-order valence-corrected chi connectivity index (χ1v) is 11.1.